The molecule has 1 aliphatic carbocycles. The number of carboxylic acid groups (broad SMARTS) is 2. The van der Waals surface area contributed by atoms with Gasteiger partial charge >= 0.3 is 11.9 Å². The van der Waals surface area contributed by atoms with E-state index in [1.54, 1.807) is 13.8 Å². The molecule has 108 valence electrons. The van der Waals surface area contributed by atoms with Gasteiger partial charge in [-0.25, -0.2) is 0 Å². The smallest absolute Gasteiger partial charge is 0.321 e. The van der Waals surface area contributed by atoms with Gasteiger partial charge < -0.3 is 14.9 Å². The van der Waals surface area contributed by atoms with Gasteiger partial charge in [-0.05, 0) is 42.6 Å². The highest BCUT2D eigenvalue weighted by atomic mass is 16.5. The first-order valence-corrected chi connectivity index (χ1v) is 6.26. The van der Waals surface area contributed by atoms with Crippen LogP contribution in [0.15, 0.2) is 22.3 Å². The average molecular weight is 280 g/mol. The van der Waals surface area contributed by atoms with Gasteiger partial charge in [0.05, 0.1) is 6.61 Å². The Morgan fingerprint density at radius 3 is 2.15 bits per heavy atom. The van der Waals surface area contributed by atoms with Crippen molar-refractivity contribution in [2.24, 2.45) is 5.41 Å². The van der Waals surface area contributed by atoms with E-state index in [1.165, 1.54) is 0 Å². The lowest BCUT2D eigenvalue weighted by atomic mass is 9.85. The van der Waals surface area contributed by atoms with E-state index in [4.69, 9.17) is 4.74 Å². The molecule has 0 spiro atoms. The Balaban J connectivity index is 2.62. The topological polar surface area (TPSA) is 101 Å². The van der Waals surface area contributed by atoms with Crippen LogP contribution in [-0.2, 0) is 19.1 Å². The Labute approximate surface area is 115 Å². The number of hydrogen-bond acceptors (Lipinski definition) is 4. The number of fused-ring (bicyclic) bond motifs is 1. The van der Waals surface area contributed by atoms with E-state index in [0.717, 1.165) is 5.57 Å². The van der Waals surface area contributed by atoms with Gasteiger partial charge in [-0.2, -0.15) is 0 Å². The maximum atomic E-state index is 11.9. The fraction of sp³-hybridized carbons (Fsp3) is 0.500. The first kappa shape index (κ1) is 14.5. The zero-order valence-electron chi connectivity index (χ0n) is 11.4. The summed E-state index contributed by atoms with van der Waals surface area (Å²) in [5, 5.41) is 18.6. The minimum Gasteiger partial charge on any atom is -0.480 e. The van der Waals surface area contributed by atoms with Crippen molar-refractivity contribution in [1.29, 1.82) is 0 Å². The molecule has 0 saturated heterocycles. The fourth-order valence-corrected chi connectivity index (χ4v) is 2.70. The highest BCUT2D eigenvalue weighted by Crippen LogP contribution is 2.48. The summed E-state index contributed by atoms with van der Waals surface area (Å²) in [5.41, 5.74) is 0.512. The maximum absolute atomic E-state index is 11.9. The molecular formula is C14H16O6. The molecule has 0 aromatic rings. The molecule has 2 aliphatic rings. The SMILES string of the molecule is CC1=C2CC(C(=O)O)(C(=O)O)CC2=C(C)C(=O)COC1. The molecule has 6 nitrogen and oxygen atoms in total. The first-order valence-electron chi connectivity index (χ1n) is 6.26. The monoisotopic (exact) mass is 280 g/mol. The first-order chi connectivity index (χ1) is 9.29. The van der Waals surface area contributed by atoms with Gasteiger partial charge in [0.25, 0.3) is 0 Å². The Morgan fingerprint density at radius 2 is 1.60 bits per heavy atom. The summed E-state index contributed by atoms with van der Waals surface area (Å²) >= 11 is 0. The fourth-order valence-electron chi connectivity index (χ4n) is 2.70. The summed E-state index contributed by atoms with van der Waals surface area (Å²) in [6.45, 7) is 3.53. The third-order valence-corrected chi connectivity index (χ3v) is 4.08. The molecule has 6 heteroatoms. The lowest BCUT2D eigenvalue weighted by Crippen LogP contribution is -2.36. The van der Waals surface area contributed by atoms with E-state index in [0.29, 0.717) is 16.7 Å². The highest BCUT2D eigenvalue weighted by Gasteiger charge is 2.53. The minimum absolute atomic E-state index is 0.0624. The third kappa shape index (κ3) is 2.06. The molecule has 2 rings (SSSR count). The highest BCUT2D eigenvalue weighted by molar-refractivity contribution is 6.02. The molecule has 20 heavy (non-hydrogen) atoms. The summed E-state index contributed by atoms with van der Waals surface area (Å²) in [4.78, 5) is 34.7. The number of rotatable bonds is 2. The molecule has 0 amide bonds. The van der Waals surface area contributed by atoms with Gasteiger partial charge in [0.1, 0.15) is 6.61 Å². The van der Waals surface area contributed by atoms with Gasteiger partial charge in [0.15, 0.2) is 11.2 Å². The number of aliphatic carboxylic acids is 2. The summed E-state index contributed by atoms with van der Waals surface area (Å²) in [6.07, 6.45) is -0.255. The van der Waals surface area contributed by atoms with E-state index in [-0.39, 0.29) is 31.8 Å². The maximum Gasteiger partial charge on any atom is 0.321 e. The lowest BCUT2D eigenvalue weighted by Gasteiger charge is -2.17. The number of ketones is 1. The molecule has 0 radical (unpaired) electrons. The van der Waals surface area contributed by atoms with E-state index in [9.17, 15) is 24.6 Å². The van der Waals surface area contributed by atoms with Crippen LogP contribution >= 0.6 is 0 Å². The summed E-state index contributed by atoms with van der Waals surface area (Å²) in [6, 6.07) is 0. The van der Waals surface area contributed by atoms with Crippen molar-refractivity contribution >= 4 is 17.7 Å². The van der Waals surface area contributed by atoms with Crippen molar-refractivity contribution in [1.82, 2.24) is 0 Å². The van der Waals surface area contributed by atoms with E-state index in [1.807, 2.05) is 0 Å². The lowest BCUT2D eigenvalue weighted by molar-refractivity contribution is -0.163. The zero-order chi connectivity index (χ0) is 15.1. The van der Waals surface area contributed by atoms with Crippen LogP contribution < -0.4 is 0 Å². The van der Waals surface area contributed by atoms with Gasteiger partial charge in [-0.3, -0.25) is 14.4 Å². The van der Waals surface area contributed by atoms with Gasteiger partial charge in [0.2, 0.25) is 0 Å². The second kappa shape index (κ2) is 4.86. The Bertz CT molecular complexity index is 552. The molecule has 0 aromatic carbocycles. The van der Waals surface area contributed by atoms with E-state index >= 15 is 0 Å². The molecule has 1 fully saturated rings. The summed E-state index contributed by atoms with van der Waals surface area (Å²) in [5.74, 6) is -2.96. The predicted molar refractivity (Wildman–Crippen MR) is 68.2 cm³/mol. The van der Waals surface area contributed by atoms with E-state index < -0.39 is 17.4 Å². The molecule has 0 atom stereocenters. The number of allylic oxidation sites excluding steroid dienone is 2. The number of hydrogen-bond donors (Lipinski definition) is 2. The quantitative estimate of drug-likeness (QED) is 0.736. The largest absolute Gasteiger partial charge is 0.480 e. The molecule has 1 aliphatic heterocycles. The second-order valence-electron chi connectivity index (χ2n) is 5.32. The summed E-state index contributed by atoms with van der Waals surface area (Å²) < 4.78 is 5.23. The van der Waals surface area contributed by atoms with Crippen LogP contribution in [0.2, 0.25) is 0 Å². The van der Waals surface area contributed by atoms with Crippen LogP contribution in [0.3, 0.4) is 0 Å². The number of ether oxygens (including phenoxy) is 1. The molecule has 0 unspecified atom stereocenters. The molecule has 2 N–H and O–H groups in total. The van der Waals surface area contributed by atoms with Crippen LogP contribution in [0.25, 0.3) is 0 Å². The Morgan fingerprint density at radius 1 is 1.05 bits per heavy atom. The van der Waals surface area contributed by atoms with Crippen molar-refractivity contribution in [2.45, 2.75) is 26.7 Å². The normalized spacial score (nSPS) is 22.4. The van der Waals surface area contributed by atoms with Crippen molar-refractivity contribution < 1.29 is 29.3 Å². The number of carbonyl (C=O) groups is 3. The van der Waals surface area contributed by atoms with Gasteiger partial charge in [-0.15, -0.1) is 0 Å². The van der Waals surface area contributed by atoms with Crippen molar-refractivity contribution in [2.75, 3.05) is 13.2 Å². The number of carboxylic acids is 2. The molecule has 1 heterocycles. The van der Waals surface area contributed by atoms with E-state index in [2.05, 4.69) is 0 Å². The molecule has 1 saturated carbocycles. The standard InChI is InChI=1S/C14H16O6/c1-7-5-20-6-11(15)8(2)10-4-14(12(16)17,13(18)19)3-9(7)10/h3-6H2,1-2H3,(H,16,17)(H,18,19). The van der Waals surface area contributed by atoms with Crippen molar-refractivity contribution in [3.8, 4) is 0 Å². The zero-order valence-corrected chi connectivity index (χ0v) is 11.4. The van der Waals surface area contributed by atoms with Gasteiger partial charge in [0, 0.05) is 6.42 Å². The number of carbonyl (C=O) groups excluding carboxylic acids is 1. The molecule has 0 aromatic heterocycles. The average Bonchev–Trinajstić information content (AvgIpc) is 2.78. The van der Waals surface area contributed by atoms with Crippen LogP contribution in [0, 0.1) is 5.41 Å². The van der Waals surface area contributed by atoms with Crippen LogP contribution in [0.5, 0.6) is 0 Å². The van der Waals surface area contributed by atoms with Crippen LogP contribution in [0.1, 0.15) is 26.7 Å². The second-order valence-corrected chi connectivity index (χ2v) is 5.32. The third-order valence-electron chi connectivity index (χ3n) is 4.08. The van der Waals surface area contributed by atoms with Crippen LogP contribution in [0.4, 0.5) is 0 Å². The Kier molecular flexibility index (Phi) is 3.52. The molecular weight excluding hydrogens is 264 g/mol. The predicted octanol–water partition coefficient (Wildman–Crippen LogP) is 1.17. The minimum atomic E-state index is -1.88. The van der Waals surface area contributed by atoms with Gasteiger partial charge in [-0.1, -0.05) is 0 Å². The van der Waals surface area contributed by atoms with Crippen LogP contribution in [-0.4, -0.2) is 41.1 Å². The molecule has 0 bridgehead atoms. The summed E-state index contributed by atoms with van der Waals surface area (Å²) in [7, 11) is 0. The van der Waals surface area contributed by atoms with Crippen molar-refractivity contribution in [3.63, 3.8) is 0 Å². The number of Topliss-reactive ketones (excluding diaryl/α,β-unsaturated/α-hetero) is 1. The van der Waals surface area contributed by atoms with Crippen molar-refractivity contribution in [3.05, 3.63) is 22.3 Å². The Hall–Kier alpha value is -1.95.